The van der Waals surface area contributed by atoms with E-state index in [2.05, 4.69) is 28.8 Å². The first-order chi connectivity index (χ1) is 12.5. The van der Waals surface area contributed by atoms with Crippen molar-refractivity contribution in [2.75, 3.05) is 0 Å². The molecular weight excluding hydrogens is 364 g/mol. The molecule has 0 bridgehead atoms. The molecule has 0 spiro atoms. The number of hydrogen-bond donors (Lipinski definition) is 0. The van der Waals surface area contributed by atoms with Gasteiger partial charge >= 0.3 is 0 Å². The number of aromatic nitrogens is 4. The van der Waals surface area contributed by atoms with Crippen LogP contribution in [0.3, 0.4) is 0 Å². The van der Waals surface area contributed by atoms with Gasteiger partial charge < -0.3 is 0 Å². The topological polar surface area (TPSA) is 60.7 Å². The number of hydrogen-bond acceptors (Lipinski definition) is 6. The summed E-state index contributed by atoms with van der Waals surface area (Å²) in [7, 11) is 1.78. The van der Waals surface area contributed by atoms with Gasteiger partial charge in [0.15, 0.2) is 0 Å². The van der Waals surface area contributed by atoms with E-state index < -0.39 is 0 Å². The molecule has 132 valence electrons. The number of rotatable bonds is 3. The third-order valence-electron chi connectivity index (χ3n) is 4.52. The Hall–Kier alpha value is -2.25. The lowest BCUT2D eigenvalue weighted by atomic mass is 10.2. The predicted octanol–water partition coefficient (Wildman–Crippen LogP) is 4.16. The van der Waals surface area contributed by atoms with Crippen LogP contribution in [0.5, 0.6) is 0 Å². The van der Waals surface area contributed by atoms with Crippen LogP contribution in [0.1, 0.15) is 22.1 Å². The second-order valence-corrected chi connectivity index (χ2v) is 8.40. The summed E-state index contributed by atoms with van der Waals surface area (Å²) in [4.78, 5) is 28.8. The standard InChI is InChI=1S/C19H18N4OS2/c1-10-11(2)26-18-16(10)17(20-12(3)21-18)25-9-15-22-14-8-6-5-7-13(14)19(24)23(15)4/h5-8H,9H2,1-4H3. The lowest BCUT2D eigenvalue weighted by molar-refractivity contribution is 0.785. The predicted molar refractivity (Wildman–Crippen MR) is 108 cm³/mol. The van der Waals surface area contributed by atoms with Crippen LogP contribution >= 0.6 is 23.1 Å². The van der Waals surface area contributed by atoms with Crippen LogP contribution in [0.4, 0.5) is 0 Å². The van der Waals surface area contributed by atoms with Crippen LogP contribution in [0.15, 0.2) is 34.1 Å². The van der Waals surface area contributed by atoms with E-state index in [1.54, 1.807) is 34.7 Å². The minimum Gasteiger partial charge on any atom is -0.299 e. The highest BCUT2D eigenvalue weighted by Gasteiger charge is 2.15. The van der Waals surface area contributed by atoms with E-state index in [0.29, 0.717) is 11.1 Å². The van der Waals surface area contributed by atoms with E-state index >= 15 is 0 Å². The van der Waals surface area contributed by atoms with E-state index in [1.807, 2.05) is 31.2 Å². The van der Waals surface area contributed by atoms with E-state index in [9.17, 15) is 4.79 Å². The van der Waals surface area contributed by atoms with Crippen molar-refractivity contribution in [1.82, 2.24) is 19.5 Å². The highest BCUT2D eigenvalue weighted by molar-refractivity contribution is 7.98. The largest absolute Gasteiger partial charge is 0.299 e. The molecule has 4 aromatic rings. The van der Waals surface area contributed by atoms with Gasteiger partial charge in [-0.15, -0.1) is 11.3 Å². The molecule has 26 heavy (non-hydrogen) atoms. The molecule has 0 aliphatic rings. The molecule has 0 saturated carbocycles. The van der Waals surface area contributed by atoms with Crippen molar-refractivity contribution in [3.8, 4) is 0 Å². The molecule has 3 aromatic heterocycles. The summed E-state index contributed by atoms with van der Waals surface area (Å²) in [6.45, 7) is 6.14. The van der Waals surface area contributed by atoms with Crippen LogP contribution in [0.2, 0.25) is 0 Å². The van der Waals surface area contributed by atoms with Crippen molar-refractivity contribution in [3.63, 3.8) is 0 Å². The number of thiophene rings is 1. The second-order valence-electron chi connectivity index (χ2n) is 6.24. The number of nitrogens with zero attached hydrogens (tertiary/aromatic N) is 4. The highest BCUT2D eigenvalue weighted by Crippen LogP contribution is 2.35. The van der Waals surface area contributed by atoms with Gasteiger partial charge in [-0.1, -0.05) is 23.9 Å². The molecule has 5 nitrogen and oxygen atoms in total. The molecular formula is C19H18N4OS2. The Morgan fingerprint density at radius 2 is 1.88 bits per heavy atom. The Morgan fingerprint density at radius 3 is 2.69 bits per heavy atom. The molecule has 0 aliphatic carbocycles. The normalized spacial score (nSPS) is 11.5. The Balaban J connectivity index is 1.76. The monoisotopic (exact) mass is 382 g/mol. The number of thioether (sulfide) groups is 1. The smallest absolute Gasteiger partial charge is 0.261 e. The van der Waals surface area contributed by atoms with Gasteiger partial charge in [-0.3, -0.25) is 9.36 Å². The molecule has 0 radical (unpaired) electrons. The molecule has 0 fully saturated rings. The number of fused-ring (bicyclic) bond motifs is 2. The van der Waals surface area contributed by atoms with Crippen LogP contribution in [0, 0.1) is 20.8 Å². The Kier molecular flexibility index (Phi) is 4.28. The van der Waals surface area contributed by atoms with Crippen molar-refractivity contribution in [2.24, 2.45) is 7.05 Å². The van der Waals surface area contributed by atoms with E-state index in [0.717, 1.165) is 32.4 Å². The molecule has 0 atom stereocenters. The molecule has 1 aromatic carbocycles. The van der Waals surface area contributed by atoms with Gasteiger partial charge in [-0.25, -0.2) is 15.0 Å². The molecule has 7 heteroatoms. The summed E-state index contributed by atoms with van der Waals surface area (Å²) in [6.07, 6.45) is 0. The summed E-state index contributed by atoms with van der Waals surface area (Å²) >= 11 is 3.31. The molecule has 0 unspecified atom stereocenters. The summed E-state index contributed by atoms with van der Waals surface area (Å²) < 4.78 is 1.63. The fraction of sp³-hybridized carbons (Fsp3) is 0.263. The second kappa shape index (κ2) is 6.48. The SMILES string of the molecule is Cc1nc(SCc2nc3ccccc3c(=O)n2C)c2c(C)c(C)sc2n1. The average molecular weight is 383 g/mol. The first-order valence-corrected chi connectivity index (χ1v) is 10.1. The van der Waals surface area contributed by atoms with Gasteiger partial charge in [0.25, 0.3) is 5.56 Å². The number of para-hydroxylation sites is 1. The van der Waals surface area contributed by atoms with Gasteiger partial charge in [-0.05, 0) is 38.5 Å². The third-order valence-corrected chi connectivity index (χ3v) is 6.59. The number of benzene rings is 1. The molecule has 0 aliphatic heterocycles. The molecule has 0 N–H and O–H groups in total. The zero-order chi connectivity index (χ0) is 18.4. The minimum atomic E-state index is -0.0160. The summed E-state index contributed by atoms with van der Waals surface area (Å²) in [5.74, 6) is 2.09. The highest BCUT2D eigenvalue weighted by atomic mass is 32.2. The van der Waals surface area contributed by atoms with Crippen LogP contribution in [0.25, 0.3) is 21.1 Å². The molecule has 3 heterocycles. The maximum atomic E-state index is 12.6. The van der Waals surface area contributed by atoms with Crippen LogP contribution in [-0.2, 0) is 12.8 Å². The van der Waals surface area contributed by atoms with E-state index in [-0.39, 0.29) is 5.56 Å². The maximum Gasteiger partial charge on any atom is 0.261 e. The van der Waals surface area contributed by atoms with E-state index in [1.165, 1.54) is 10.4 Å². The average Bonchev–Trinajstić information content (AvgIpc) is 2.90. The molecule has 4 rings (SSSR count). The lowest BCUT2D eigenvalue weighted by Gasteiger charge is -2.09. The van der Waals surface area contributed by atoms with Crippen molar-refractivity contribution in [2.45, 2.75) is 31.6 Å². The number of aryl methyl sites for hydroxylation is 3. The van der Waals surface area contributed by atoms with Crippen molar-refractivity contribution in [3.05, 3.63) is 56.7 Å². The van der Waals surface area contributed by atoms with Crippen LogP contribution in [-0.4, -0.2) is 19.5 Å². The molecule has 0 amide bonds. The van der Waals surface area contributed by atoms with Crippen LogP contribution < -0.4 is 5.56 Å². The van der Waals surface area contributed by atoms with Gasteiger partial charge in [0.05, 0.1) is 16.7 Å². The van der Waals surface area contributed by atoms with E-state index in [4.69, 9.17) is 0 Å². The zero-order valence-electron chi connectivity index (χ0n) is 15.0. The first kappa shape index (κ1) is 17.2. The summed E-state index contributed by atoms with van der Waals surface area (Å²) in [5, 5.41) is 2.72. The molecule has 0 saturated heterocycles. The van der Waals surface area contributed by atoms with Gasteiger partial charge in [0.1, 0.15) is 21.5 Å². The van der Waals surface area contributed by atoms with Crippen molar-refractivity contribution < 1.29 is 0 Å². The minimum absolute atomic E-state index is 0.0160. The fourth-order valence-electron chi connectivity index (χ4n) is 2.94. The quantitative estimate of drug-likeness (QED) is 0.393. The van der Waals surface area contributed by atoms with Gasteiger partial charge in [0, 0.05) is 17.3 Å². The summed E-state index contributed by atoms with van der Waals surface area (Å²) in [5.41, 5.74) is 1.95. The Bertz CT molecular complexity index is 1210. The maximum absolute atomic E-state index is 12.6. The lowest BCUT2D eigenvalue weighted by Crippen LogP contribution is -2.21. The van der Waals surface area contributed by atoms with Gasteiger partial charge in [-0.2, -0.15) is 0 Å². The Labute approximate surface area is 159 Å². The Morgan fingerprint density at radius 1 is 1.12 bits per heavy atom. The summed E-state index contributed by atoms with van der Waals surface area (Å²) in [6, 6.07) is 7.46. The van der Waals surface area contributed by atoms with Gasteiger partial charge in [0.2, 0.25) is 0 Å². The van der Waals surface area contributed by atoms with Crippen molar-refractivity contribution in [1.29, 1.82) is 0 Å². The van der Waals surface area contributed by atoms with Crippen molar-refractivity contribution >= 4 is 44.2 Å². The fourth-order valence-corrected chi connectivity index (χ4v) is 5.20. The first-order valence-electron chi connectivity index (χ1n) is 8.27. The zero-order valence-corrected chi connectivity index (χ0v) is 16.7. The third kappa shape index (κ3) is 2.81.